The second-order valence-corrected chi connectivity index (χ2v) is 4.06. The van der Waals surface area contributed by atoms with Crippen LogP contribution in [0.4, 0.5) is 4.79 Å². The average Bonchev–Trinajstić information content (AvgIpc) is 2.84. The molecule has 0 radical (unpaired) electrons. The van der Waals surface area contributed by atoms with Gasteiger partial charge in [-0.05, 0) is 18.8 Å². The minimum absolute atomic E-state index is 0.299. The van der Waals surface area contributed by atoms with Gasteiger partial charge in [0.05, 0.1) is 7.11 Å². The Morgan fingerprint density at radius 1 is 1.47 bits per heavy atom. The average molecular weight is 213 g/mol. The van der Waals surface area contributed by atoms with Crippen molar-refractivity contribution < 1.29 is 19.1 Å². The van der Waals surface area contributed by atoms with Crippen LogP contribution in [-0.2, 0) is 14.3 Å². The van der Waals surface area contributed by atoms with Crippen LogP contribution in [0.3, 0.4) is 0 Å². The van der Waals surface area contributed by atoms with Gasteiger partial charge >= 0.3 is 12.1 Å². The van der Waals surface area contributed by atoms with Crippen LogP contribution in [0.5, 0.6) is 0 Å². The molecule has 2 aliphatic rings. The van der Waals surface area contributed by atoms with Crippen LogP contribution in [0, 0.1) is 5.92 Å². The molecule has 1 amide bonds. The number of carbonyl (C=O) groups is 2. The van der Waals surface area contributed by atoms with Gasteiger partial charge in [0.2, 0.25) is 0 Å². The second-order valence-electron chi connectivity index (χ2n) is 4.06. The summed E-state index contributed by atoms with van der Waals surface area (Å²) in [7, 11) is 1.32. The molecule has 2 atom stereocenters. The number of cyclic esters (lactones) is 1. The predicted octanol–water partition coefficient (Wildman–Crippen LogP) is 0.827. The molecular formula is C10H15NO4. The summed E-state index contributed by atoms with van der Waals surface area (Å²) >= 11 is 0. The molecule has 2 unspecified atom stereocenters. The van der Waals surface area contributed by atoms with Crippen LogP contribution in [0.15, 0.2) is 0 Å². The van der Waals surface area contributed by atoms with Crippen molar-refractivity contribution in [2.24, 2.45) is 5.92 Å². The van der Waals surface area contributed by atoms with Crippen molar-refractivity contribution in [1.29, 1.82) is 0 Å². The molecule has 84 valence electrons. The molecule has 0 bridgehead atoms. The number of carbonyl (C=O) groups excluding carboxylic acids is 2. The van der Waals surface area contributed by atoms with E-state index in [4.69, 9.17) is 4.74 Å². The van der Waals surface area contributed by atoms with Gasteiger partial charge in [-0.25, -0.2) is 9.59 Å². The standard InChI is InChI=1S/C10H15NO4/c1-14-9(12)7-8(15-10(13)11-7)6-4-2-3-5-6/h6-8H,2-5H2,1H3,(H,11,13). The van der Waals surface area contributed by atoms with Crippen LogP contribution < -0.4 is 5.32 Å². The Labute approximate surface area is 88.1 Å². The Morgan fingerprint density at radius 3 is 2.73 bits per heavy atom. The van der Waals surface area contributed by atoms with E-state index in [0.29, 0.717) is 5.92 Å². The van der Waals surface area contributed by atoms with E-state index in [1.165, 1.54) is 7.11 Å². The number of ether oxygens (including phenoxy) is 2. The first kappa shape index (κ1) is 10.3. The van der Waals surface area contributed by atoms with E-state index in [1.54, 1.807) is 0 Å². The van der Waals surface area contributed by atoms with Crippen LogP contribution in [-0.4, -0.2) is 31.3 Å². The summed E-state index contributed by atoms with van der Waals surface area (Å²) in [6.07, 6.45) is 3.48. The molecule has 0 spiro atoms. The Kier molecular flexibility index (Phi) is 2.79. The van der Waals surface area contributed by atoms with Crippen molar-refractivity contribution in [3.05, 3.63) is 0 Å². The summed E-state index contributed by atoms with van der Waals surface area (Å²) < 4.78 is 9.77. The third-order valence-electron chi connectivity index (χ3n) is 3.16. The van der Waals surface area contributed by atoms with Gasteiger partial charge < -0.3 is 14.8 Å². The zero-order valence-corrected chi connectivity index (χ0v) is 8.69. The van der Waals surface area contributed by atoms with Crippen molar-refractivity contribution >= 4 is 12.1 Å². The molecule has 0 aromatic heterocycles. The van der Waals surface area contributed by atoms with Gasteiger partial charge in [0.1, 0.15) is 6.10 Å². The highest BCUT2D eigenvalue weighted by molar-refractivity contribution is 5.84. The summed E-state index contributed by atoms with van der Waals surface area (Å²) in [6.45, 7) is 0. The third-order valence-corrected chi connectivity index (χ3v) is 3.16. The van der Waals surface area contributed by atoms with Gasteiger partial charge in [0, 0.05) is 0 Å². The van der Waals surface area contributed by atoms with Gasteiger partial charge in [0.15, 0.2) is 6.04 Å². The number of hydrogen-bond acceptors (Lipinski definition) is 4. The molecule has 0 aromatic carbocycles. The summed E-state index contributed by atoms with van der Waals surface area (Å²) in [5, 5.41) is 2.50. The first-order valence-corrected chi connectivity index (χ1v) is 5.27. The number of amides is 1. The topological polar surface area (TPSA) is 64.6 Å². The summed E-state index contributed by atoms with van der Waals surface area (Å²) in [5.74, 6) is -0.120. The number of alkyl carbamates (subject to hydrolysis) is 1. The van der Waals surface area contributed by atoms with E-state index in [2.05, 4.69) is 10.1 Å². The fourth-order valence-corrected chi connectivity index (χ4v) is 2.41. The summed E-state index contributed by atoms with van der Waals surface area (Å²) in [4.78, 5) is 22.5. The van der Waals surface area contributed by atoms with Crippen molar-refractivity contribution in [3.63, 3.8) is 0 Å². The van der Waals surface area contributed by atoms with Gasteiger partial charge in [-0.1, -0.05) is 12.8 Å². The maximum absolute atomic E-state index is 11.4. The number of rotatable bonds is 2. The molecule has 1 aliphatic carbocycles. The lowest BCUT2D eigenvalue weighted by molar-refractivity contribution is -0.144. The van der Waals surface area contributed by atoms with Gasteiger partial charge in [-0.3, -0.25) is 0 Å². The van der Waals surface area contributed by atoms with Crippen molar-refractivity contribution in [2.45, 2.75) is 37.8 Å². The van der Waals surface area contributed by atoms with E-state index in [-0.39, 0.29) is 6.10 Å². The van der Waals surface area contributed by atoms with Crippen LogP contribution in [0.1, 0.15) is 25.7 Å². The number of esters is 1. The lowest BCUT2D eigenvalue weighted by Crippen LogP contribution is -2.42. The molecule has 1 aliphatic heterocycles. The fraction of sp³-hybridized carbons (Fsp3) is 0.800. The van der Waals surface area contributed by atoms with Crippen molar-refractivity contribution in [1.82, 2.24) is 5.32 Å². The third kappa shape index (κ3) is 1.91. The molecule has 1 N–H and O–H groups in total. The Morgan fingerprint density at radius 2 is 2.13 bits per heavy atom. The molecule has 2 fully saturated rings. The summed E-state index contributed by atoms with van der Waals surface area (Å²) in [6, 6.07) is -0.620. The van der Waals surface area contributed by atoms with Crippen LogP contribution in [0.25, 0.3) is 0 Å². The highest BCUT2D eigenvalue weighted by Gasteiger charge is 2.45. The highest BCUT2D eigenvalue weighted by Crippen LogP contribution is 2.32. The van der Waals surface area contributed by atoms with E-state index in [0.717, 1.165) is 25.7 Å². The summed E-state index contributed by atoms with van der Waals surface area (Å²) in [5.41, 5.74) is 0. The molecule has 2 rings (SSSR count). The molecule has 5 nitrogen and oxygen atoms in total. The Balaban J connectivity index is 2.07. The molecule has 1 saturated heterocycles. The zero-order chi connectivity index (χ0) is 10.8. The first-order valence-electron chi connectivity index (χ1n) is 5.27. The van der Waals surface area contributed by atoms with E-state index in [9.17, 15) is 9.59 Å². The van der Waals surface area contributed by atoms with Gasteiger partial charge in [-0.15, -0.1) is 0 Å². The quantitative estimate of drug-likeness (QED) is 0.690. The Bertz CT molecular complexity index is 273. The van der Waals surface area contributed by atoms with E-state index in [1.807, 2.05) is 0 Å². The van der Waals surface area contributed by atoms with Crippen molar-refractivity contribution in [3.8, 4) is 0 Å². The number of hydrogen-bond donors (Lipinski definition) is 1. The van der Waals surface area contributed by atoms with Crippen LogP contribution in [0.2, 0.25) is 0 Å². The van der Waals surface area contributed by atoms with E-state index < -0.39 is 18.1 Å². The molecular weight excluding hydrogens is 198 g/mol. The van der Waals surface area contributed by atoms with E-state index >= 15 is 0 Å². The monoisotopic (exact) mass is 213 g/mol. The highest BCUT2D eigenvalue weighted by atomic mass is 16.6. The molecule has 15 heavy (non-hydrogen) atoms. The number of methoxy groups -OCH3 is 1. The zero-order valence-electron chi connectivity index (χ0n) is 8.69. The lowest BCUT2D eigenvalue weighted by Gasteiger charge is -2.20. The lowest BCUT2D eigenvalue weighted by atomic mass is 9.95. The molecule has 5 heteroatoms. The predicted molar refractivity (Wildman–Crippen MR) is 51.2 cm³/mol. The van der Waals surface area contributed by atoms with Gasteiger partial charge in [0.25, 0.3) is 0 Å². The normalized spacial score (nSPS) is 31.1. The molecule has 1 saturated carbocycles. The number of nitrogens with one attached hydrogen (secondary N) is 1. The van der Waals surface area contributed by atoms with Gasteiger partial charge in [-0.2, -0.15) is 0 Å². The molecule has 1 heterocycles. The SMILES string of the molecule is COC(=O)C1NC(=O)OC1C1CCCC1. The smallest absolute Gasteiger partial charge is 0.408 e. The minimum atomic E-state index is -0.620. The fourth-order valence-electron chi connectivity index (χ4n) is 2.41. The molecule has 0 aromatic rings. The minimum Gasteiger partial charge on any atom is -0.467 e. The first-order chi connectivity index (χ1) is 7.22. The maximum atomic E-state index is 11.4. The second kappa shape index (κ2) is 4.08. The van der Waals surface area contributed by atoms with Crippen molar-refractivity contribution in [2.75, 3.05) is 7.11 Å². The maximum Gasteiger partial charge on any atom is 0.408 e. The van der Waals surface area contributed by atoms with Crippen LogP contribution >= 0.6 is 0 Å². The Hall–Kier alpha value is -1.26. The largest absolute Gasteiger partial charge is 0.467 e.